The fourth-order valence-electron chi connectivity index (χ4n) is 0.984. The molecule has 1 aliphatic rings. The summed E-state index contributed by atoms with van der Waals surface area (Å²) in [5.74, 6) is -0.103. The van der Waals surface area contributed by atoms with Crippen molar-refractivity contribution < 1.29 is 19.1 Å². The maximum Gasteiger partial charge on any atom is 0.348 e. The smallest absolute Gasteiger partial charge is 0.348 e. The average Bonchev–Trinajstić information content (AvgIpc) is 2.09. The molecule has 0 spiro atoms. The standard InChI is InChI=1S/C8H12O4S/c1-5-7(9)12-6(3-4-13-2)8(10)11-5/h5-6H,3-4H2,1-2H3/t5-,6+/m0/s1. The molecule has 0 bridgehead atoms. The van der Waals surface area contributed by atoms with E-state index >= 15 is 0 Å². The van der Waals surface area contributed by atoms with E-state index in [9.17, 15) is 9.59 Å². The van der Waals surface area contributed by atoms with Crippen LogP contribution in [-0.4, -0.2) is 36.2 Å². The molecular formula is C8H12O4S. The molecule has 0 radical (unpaired) electrons. The topological polar surface area (TPSA) is 52.6 Å². The van der Waals surface area contributed by atoms with Crippen LogP contribution in [0.2, 0.25) is 0 Å². The lowest BCUT2D eigenvalue weighted by Gasteiger charge is -2.25. The molecule has 1 saturated heterocycles. The predicted molar refractivity (Wildman–Crippen MR) is 48.4 cm³/mol. The van der Waals surface area contributed by atoms with Crippen molar-refractivity contribution in [2.75, 3.05) is 12.0 Å². The third kappa shape index (κ3) is 2.62. The summed E-state index contributed by atoms with van der Waals surface area (Å²) in [5, 5.41) is 0. The molecule has 74 valence electrons. The number of carbonyl (C=O) groups is 2. The minimum absolute atomic E-state index is 0.429. The summed E-state index contributed by atoms with van der Waals surface area (Å²) in [6, 6.07) is 0. The summed E-state index contributed by atoms with van der Waals surface area (Å²) in [5.41, 5.74) is 0. The molecule has 1 rings (SSSR count). The lowest BCUT2D eigenvalue weighted by atomic mass is 10.2. The molecule has 1 fully saturated rings. The lowest BCUT2D eigenvalue weighted by molar-refractivity contribution is -0.193. The Balaban J connectivity index is 2.46. The van der Waals surface area contributed by atoms with Crippen LogP contribution in [0.1, 0.15) is 13.3 Å². The van der Waals surface area contributed by atoms with Gasteiger partial charge in [0.2, 0.25) is 0 Å². The van der Waals surface area contributed by atoms with Crippen LogP contribution in [0.5, 0.6) is 0 Å². The lowest BCUT2D eigenvalue weighted by Crippen LogP contribution is -2.42. The average molecular weight is 204 g/mol. The van der Waals surface area contributed by atoms with Crippen LogP contribution in [0.4, 0.5) is 0 Å². The van der Waals surface area contributed by atoms with Crippen molar-refractivity contribution in [1.29, 1.82) is 0 Å². The van der Waals surface area contributed by atoms with Crippen molar-refractivity contribution >= 4 is 23.7 Å². The van der Waals surface area contributed by atoms with E-state index in [0.717, 1.165) is 5.75 Å². The second-order valence-electron chi connectivity index (χ2n) is 2.79. The van der Waals surface area contributed by atoms with Crippen molar-refractivity contribution in [2.24, 2.45) is 0 Å². The van der Waals surface area contributed by atoms with Crippen LogP contribution < -0.4 is 0 Å². The number of hydrogen-bond acceptors (Lipinski definition) is 5. The summed E-state index contributed by atoms with van der Waals surface area (Å²) >= 11 is 1.60. The molecule has 0 saturated carbocycles. The first-order chi connectivity index (χ1) is 6.15. The quantitative estimate of drug-likeness (QED) is 0.630. The summed E-state index contributed by atoms with van der Waals surface area (Å²) in [6.07, 6.45) is 1.01. The Morgan fingerprint density at radius 1 is 1.31 bits per heavy atom. The Morgan fingerprint density at radius 3 is 2.62 bits per heavy atom. The van der Waals surface area contributed by atoms with Gasteiger partial charge in [-0.2, -0.15) is 11.8 Å². The third-order valence-electron chi connectivity index (χ3n) is 1.73. The molecule has 0 amide bonds. The van der Waals surface area contributed by atoms with Gasteiger partial charge in [-0.1, -0.05) is 0 Å². The van der Waals surface area contributed by atoms with Crippen LogP contribution in [-0.2, 0) is 19.1 Å². The zero-order valence-corrected chi connectivity index (χ0v) is 8.43. The van der Waals surface area contributed by atoms with Crippen LogP contribution in [0.25, 0.3) is 0 Å². The van der Waals surface area contributed by atoms with Crippen molar-refractivity contribution in [3.63, 3.8) is 0 Å². The van der Waals surface area contributed by atoms with Gasteiger partial charge in [0, 0.05) is 6.42 Å². The van der Waals surface area contributed by atoms with Gasteiger partial charge in [0.25, 0.3) is 0 Å². The molecule has 1 heterocycles. The Labute approximate surface area is 81.0 Å². The predicted octanol–water partition coefficient (Wildman–Crippen LogP) is 0.597. The number of ether oxygens (including phenoxy) is 2. The second-order valence-corrected chi connectivity index (χ2v) is 3.77. The van der Waals surface area contributed by atoms with E-state index in [0.29, 0.717) is 6.42 Å². The molecule has 0 unspecified atom stereocenters. The summed E-state index contributed by atoms with van der Waals surface area (Å²) in [7, 11) is 0. The maximum absolute atomic E-state index is 11.1. The number of cyclic esters (lactones) is 2. The fraction of sp³-hybridized carbons (Fsp3) is 0.750. The van der Waals surface area contributed by atoms with Gasteiger partial charge < -0.3 is 9.47 Å². The molecule has 1 aliphatic heterocycles. The zero-order chi connectivity index (χ0) is 9.84. The van der Waals surface area contributed by atoms with E-state index in [1.54, 1.807) is 11.8 Å². The molecule has 0 aromatic carbocycles. The van der Waals surface area contributed by atoms with Crippen LogP contribution in [0, 0.1) is 0 Å². The number of rotatable bonds is 3. The van der Waals surface area contributed by atoms with Gasteiger partial charge in [0.15, 0.2) is 12.2 Å². The molecule has 0 aliphatic carbocycles. The Morgan fingerprint density at radius 2 is 2.00 bits per heavy atom. The Bertz CT molecular complexity index is 216. The van der Waals surface area contributed by atoms with E-state index in [2.05, 4.69) is 0 Å². The van der Waals surface area contributed by atoms with E-state index in [4.69, 9.17) is 9.47 Å². The van der Waals surface area contributed by atoms with E-state index in [1.165, 1.54) is 6.92 Å². The number of hydrogen-bond donors (Lipinski definition) is 0. The highest BCUT2D eigenvalue weighted by molar-refractivity contribution is 7.98. The number of esters is 2. The summed E-state index contributed by atoms with van der Waals surface area (Å²) in [4.78, 5) is 22.2. The van der Waals surface area contributed by atoms with Crippen LogP contribution in [0.15, 0.2) is 0 Å². The minimum atomic E-state index is -0.752. The number of carbonyl (C=O) groups excluding carboxylic acids is 2. The van der Waals surface area contributed by atoms with E-state index in [-0.39, 0.29) is 0 Å². The first-order valence-electron chi connectivity index (χ1n) is 4.05. The van der Waals surface area contributed by atoms with Crippen molar-refractivity contribution in [2.45, 2.75) is 25.6 Å². The third-order valence-corrected chi connectivity index (χ3v) is 2.37. The van der Waals surface area contributed by atoms with Gasteiger partial charge in [-0.3, -0.25) is 0 Å². The van der Waals surface area contributed by atoms with Crippen LogP contribution in [0.3, 0.4) is 0 Å². The molecule has 0 aromatic rings. The van der Waals surface area contributed by atoms with Crippen molar-refractivity contribution in [1.82, 2.24) is 0 Å². The van der Waals surface area contributed by atoms with Gasteiger partial charge >= 0.3 is 11.9 Å². The van der Waals surface area contributed by atoms with Gasteiger partial charge in [-0.25, -0.2) is 9.59 Å². The maximum atomic E-state index is 11.1. The first kappa shape index (κ1) is 10.4. The first-order valence-corrected chi connectivity index (χ1v) is 5.44. The van der Waals surface area contributed by atoms with Gasteiger partial charge in [0.05, 0.1) is 0 Å². The van der Waals surface area contributed by atoms with Gasteiger partial charge in [-0.15, -0.1) is 0 Å². The highest BCUT2D eigenvalue weighted by Gasteiger charge is 2.34. The molecule has 0 aromatic heterocycles. The molecule has 0 N–H and O–H groups in total. The molecule has 13 heavy (non-hydrogen) atoms. The normalized spacial score (nSPS) is 28.2. The molecule has 5 heteroatoms. The number of thioether (sulfide) groups is 1. The van der Waals surface area contributed by atoms with Crippen molar-refractivity contribution in [3.05, 3.63) is 0 Å². The van der Waals surface area contributed by atoms with Crippen LogP contribution >= 0.6 is 11.8 Å². The fourth-order valence-corrected chi connectivity index (χ4v) is 1.43. The summed E-state index contributed by atoms with van der Waals surface area (Å²) < 4.78 is 9.67. The molecule has 2 atom stereocenters. The SMILES string of the molecule is CSCC[C@H]1OC(=O)[C@H](C)OC1=O. The minimum Gasteiger partial charge on any atom is -0.448 e. The van der Waals surface area contributed by atoms with E-state index in [1.807, 2.05) is 6.26 Å². The van der Waals surface area contributed by atoms with E-state index < -0.39 is 24.1 Å². The molecular weight excluding hydrogens is 192 g/mol. The highest BCUT2D eigenvalue weighted by Crippen LogP contribution is 2.14. The summed E-state index contributed by atoms with van der Waals surface area (Å²) in [6.45, 7) is 1.50. The Kier molecular flexibility index (Phi) is 3.59. The largest absolute Gasteiger partial charge is 0.448 e. The van der Waals surface area contributed by atoms with Gasteiger partial charge in [0.1, 0.15) is 0 Å². The van der Waals surface area contributed by atoms with Crippen molar-refractivity contribution in [3.8, 4) is 0 Å². The zero-order valence-electron chi connectivity index (χ0n) is 7.61. The Hall–Kier alpha value is -0.710. The highest BCUT2D eigenvalue weighted by atomic mass is 32.2. The monoisotopic (exact) mass is 204 g/mol. The second kappa shape index (κ2) is 4.50. The van der Waals surface area contributed by atoms with Gasteiger partial charge in [-0.05, 0) is 18.9 Å². The molecule has 4 nitrogen and oxygen atoms in total.